The fourth-order valence-corrected chi connectivity index (χ4v) is 2.15. The van der Waals surface area contributed by atoms with Crippen molar-refractivity contribution in [2.45, 2.75) is 56.7 Å². The molecule has 0 aromatic carbocycles. The average Bonchev–Trinajstić information content (AvgIpc) is 1.99. The van der Waals surface area contributed by atoms with Gasteiger partial charge in [0.15, 0.2) is 0 Å². The van der Waals surface area contributed by atoms with Gasteiger partial charge in [-0.2, -0.15) is 0 Å². The van der Waals surface area contributed by atoms with Gasteiger partial charge in [0, 0.05) is 6.04 Å². The quantitative estimate of drug-likeness (QED) is 0.591. The van der Waals surface area contributed by atoms with Crippen LogP contribution >= 0.6 is 11.6 Å². The van der Waals surface area contributed by atoms with Crippen LogP contribution in [0.15, 0.2) is 12.7 Å². The van der Waals surface area contributed by atoms with Crippen LogP contribution in [0.5, 0.6) is 0 Å². The molecule has 1 N–H and O–H groups in total. The molecule has 2 atom stereocenters. The van der Waals surface area contributed by atoms with Crippen LogP contribution in [-0.4, -0.2) is 19.9 Å². The van der Waals surface area contributed by atoms with Crippen LogP contribution in [0.25, 0.3) is 0 Å². The molecular weight excluding hydrogens is 230 g/mol. The van der Waals surface area contributed by atoms with E-state index < -0.39 is 15.9 Å². The van der Waals surface area contributed by atoms with E-state index in [-0.39, 0.29) is 10.8 Å². The Morgan fingerprint density at radius 1 is 1.40 bits per heavy atom. The summed E-state index contributed by atoms with van der Waals surface area (Å²) in [5.74, 6) is 0. The summed E-state index contributed by atoms with van der Waals surface area (Å²) in [6.45, 7) is 13.3. The molecule has 0 fully saturated rings. The van der Waals surface area contributed by atoms with Gasteiger partial charge in [-0.1, -0.05) is 6.08 Å². The topological polar surface area (TPSA) is 29.1 Å². The molecule has 0 saturated heterocycles. The fraction of sp³-hybridized carbons (Fsp3) is 0.818. The van der Waals surface area contributed by atoms with Crippen molar-refractivity contribution < 1.29 is 4.21 Å². The first-order chi connectivity index (χ1) is 6.59. The van der Waals surface area contributed by atoms with E-state index >= 15 is 0 Å². The second kappa shape index (κ2) is 5.46. The lowest BCUT2D eigenvalue weighted by molar-refractivity contribution is 0.489. The number of halogens is 1. The number of rotatable bonds is 5. The van der Waals surface area contributed by atoms with Crippen LogP contribution in [0, 0.1) is 0 Å². The third kappa shape index (κ3) is 5.69. The zero-order chi connectivity index (χ0) is 12.3. The van der Waals surface area contributed by atoms with E-state index in [0.29, 0.717) is 6.42 Å². The largest absolute Gasteiger partial charge is 0.242 e. The van der Waals surface area contributed by atoms with Gasteiger partial charge in [0.2, 0.25) is 0 Å². The Hall–Kier alpha value is 0.140. The van der Waals surface area contributed by atoms with Crippen LogP contribution in [-0.2, 0) is 11.0 Å². The SMILES string of the molecule is C=CC[C@@H](NS(=O)C(C)(C)C)C(C)(C)Cl. The Morgan fingerprint density at radius 2 is 1.87 bits per heavy atom. The Morgan fingerprint density at radius 3 is 2.13 bits per heavy atom. The first kappa shape index (κ1) is 15.1. The molecule has 0 aliphatic rings. The highest BCUT2D eigenvalue weighted by atomic mass is 35.5. The summed E-state index contributed by atoms with van der Waals surface area (Å²) in [6.07, 6.45) is 2.50. The van der Waals surface area contributed by atoms with Crippen molar-refractivity contribution in [2.75, 3.05) is 0 Å². The summed E-state index contributed by atoms with van der Waals surface area (Å²) in [6, 6.07) is -0.0308. The monoisotopic (exact) mass is 251 g/mol. The zero-order valence-electron chi connectivity index (χ0n) is 10.3. The van der Waals surface area contributed by atoms with Gasteiger partial charge in [-0.25, -0.2) is 8.93 Å². The lowest BCUT2D eigenvalue weighted by Crippen LogP contribution is -2.47. The van der Waals surface area contributed by atoms with Gasteiger partial charge in [-0.3, -0.25) is 0 Å². The summed E-state index contributed by atoms with van der Waals surface area (Å²) in [5, 5.41) is 0. The Kier molecular flexibility index (Phi) is 5.51. The highest BCUT2D eigenvalue weighted by Gasteiger charge is 2.30. The van der Waals surface area contributed by atoms with Gasteiger partial charge in [-0.15, -0.1) is 18.2 Å². The molecule has 4 heteroatoms. The molecule has 0 amide bonds. The van der Waals surface area contributed by atoms with Crippen molar-refractivity contribution >= 4 is 22.6 Å². The minimum absolute atomic E-state index is 0.0308. The van der Waals surface area contributed by atoms with Crippen molar-refractivity contribution in [1.29, 1.82) is 0 Å². The Balaban J connectivity index is 4.57. The van der Waals surface area contributed by atoms with Crippen LogP contribution in [0.4, 0.5) is 0 Å². The van der Waals surface area contributed by atoms with E-state index in [1.165, 1.54) is 0 Å². The zero-order valence-corrected chi connectivity index (χ0v) is 11.8. The van der Waals surface area contributed by atoms with E-state index in [1.54, 1.807) is 6.08 Å². The van der Waals surface area contributed by atoms with Gasteiger partial charge in [-0.05, 0) is 41.0 Å². The molecule has 90 valence electrons. The van der Waals surface area contributed by atoms with Crippen LogP contribution in [0.2, 0.25) is 0 Å². The number of hydrogen-bond donors (Lipinski definition) is 1. The van der Waals surface area contributed by atoms with E-state index in [1.807, 2.05) is 34.6 Å². The minimum Gasteiger partial charge on any atom is -0.242 e. The van der Waals surface area contributed by atoms with Crippen molar-refractivity contribution in [1.82, 2.24) is 4.72 Å². The summed E-state index contributed by atoms with van der Waals surface area (Å²) >= 11 is 6.23. The second-order valence-electron chi connectivity index (χ2n) is 5.14. The maximum atomic E-state index is 11.9. The van der Waals surface area contributed by atoms with Crippen LogP contribution in [0.3, 0.4) is 0 Å². The highest BCUT2D eigenvalue weighted by Crippen LogP contribution is 2.23. The standard InChI is InChI=1S/C11H22ClNOS/c1-7-8-9(11(5,6)12)13-15(14)10(2,3)4/h7,9,13H,1,8H2,2-6H3/t9-,15?/m1/s1. The molecule has 0 heterocycles. The first-order valence-electron chi connectivity index (χ1n) is 5.07. The van der Waals surface area contributed by atoms with Gasteiger partial charge in [0.1, 0.15) is 0 Å². The molecule has 0 aromatic heterocycles. The number of alkyl halides is 1. The molecule has 0 saturated carbocycles. The van der Waals surface area contributed by atoms with E-state index in [9.17, 15) is 4.21 Å². The summed E-state index contributed by atoms with van der Waals surface area (Å²) in [5.41, 5.74) is 0. The maximum Gasteiger partial charge on any atom is 0.0973 e. The van der Waals surface area contributed by atoms with E-state index in [2.05, 4.69) is 11.3 Å². The van der Waals surface area contributed by atoms with Crippen LogP contribution < -0.4 is 4.72 Å². The predicted molar refractivity (Wildman–Crippen MR) is 69.6 cm³/mol. The van der Waals surface area contributed by atoms with Crippen molar-refractivity contribution in [3.63, 3.8) is 0 Å². The molecule has 1 unspecified atom stereocenters. The van der Waals surface area contributed by atoms with Gasteiger partial charge in [0.25, 0.3) is 0 Å². The van der Waals surface area contributed by atoms with Crippen molar-refractivity contribution in [3.8, 4) is 0 Å². The molecular formula is C11H22ClNOS. The molecule has 0 radical (unpaired) electrons. The Labute approximate surface area is 101 Å². The lowest BCUT2D eigenvalue weighted by Gasteiger charge is -2.31. The molecule has 0 rings (SSSR count). The van der Waals surface area contributed by atoms with Crippen LogP contribution in [0.1, 0.15) is 41.0 Å². The minimum atomic E-state index is -1.10. The normalized spacial score (nSPS) is 17.2. The molecule has 0 bridgehead atoms. The third-order valence-electron chi connectivity index (χ3n) is 2.04. The molecule has 0 aromatic rings. The van der Waals surface area contributed by atoms with E-state index in [4.69, 9.17) is 11.6 Å². The average molecular weight is 252 g/mol. The predicted octanol–water partition coefficient (Wildman–Crippen LogP) is 3.00. The lowest BCUT2D eigenvalue weighted by atomic mass is 10.0. The molecule has 0 aliphatic carbocycles. The molecule has 0 aliphatic heterocycles. The van der Waals surface area contributed by atoms with Crippen molar-refractivity contribution in [2.24, 2.45) is 0 Å². The van der Waals surface area contributed by atoms with Crippen molar-refractivity contribution in [3.05, 3.63) is 12.7 Å². The second-order valence-corrected chi connectivity index (χ2v) is 8.11. The molecule has 0 spiro atoms. The number of nitrogens with one attached hydrogen (secondary N) is 1. The summed E-state index contributed by atoms with van der Waals surface area (Å²) in [4.78, 5) is -0.435. The van der Waals surface area contributed by atoms with Gasteiger partial charge in [0.05, 0.1) is 20.6 Å². The smallest absolute Gasteiger partial charge is 0.0973 e. The Bertz CT molecular complexity index is 240. The first-order valence-corrected chi connectivity index (χ1v) is 6.59. The summed E-state index contributed by atoms with van der Waals surface area (Å²) < 4.78 is 14.7. The molecule has 15 heavy (non-hydrogen) atoms. The molecule has 2 nitrogen and oxygen atoms in total. The highest BCUT2D eigenvalue weighted by molar-refractivity contribution is 7.84. The maximum absolute atomic E-state index is 11.9. The summed E-state index contributed by atoms with van der Waals surface area (Å²) in [7, 11) is -1.10. The van der Waals surface area contributed by atoms with E-state index in [0.717, 1.165) is 0 Å². The van der Waals surface area contributed by atoms with Gasteiger partial charge < -0.3 is 0 Å². The van der Waals surface area contributed by atoms with Gasteiger partial charge >= 0.3 is 0 Å². The third-order valence-corrected chi connectivity index (χ3v) is 3.91. The fourth-order valence-electron chi connectivity index (χ4n) is 0.941. The number of hydrogen-bond acceptors (Lipinski definition) is 1.